The first-order valence-corrected chi connectivity index (χ1v) is 7.13. The Morgan fingerprint density at radius 2 is 1.95 bits per heavy atom. The third kappa shape index (κ3) is 3.23. The van der Waals surface area contributed by atoms with Crippen molar-refractivity contribution in [2.24, 2.45) is 0 Å². The van der Waals surface area contributed by atoms with E-state index in [1.165, 1.54) is 0 Å². The lowest BCUT2D eigenvalue weighted by Gasteiger charge is -2.14. The summed E-state index contributed by atoms with van der Waals surface area (Å²) >= 11 is 3.14. The molecule has 0 aliphatic heterocycles. The average molecular weight is 323 g/mol. The highest BCUT2D eigenvalue weighted by atomic mass is 79.9. The van der Waals surface area contributed by atoms with Crippen molar-refractivity contribution in [2.45, 2.75) is 25.9 Å². The van der Waals surface area contributed by atoms with Gasteiger partial charge in [0.25, 0.3) is 0 Å². The molecule has 0 aliphatic rings. The summed E-state index contributed by atoms with van der Waals surface area (Å²) < 4.78 is 14.3. The Kier molecular flexibility index (Phi) is 4.72. The number of hydrogen-bond acceptors (Lipinski definition) is 1. The minimum absolute atomic E-state index is 0.294. The lowest BCUT2D eigenvalue weighted by molar-refractivity contribution is 0.214. The van der Waals surface area contributed by atoms with E-state index in [1.54, 1.807) is 18.2 Å². The van der Waals surface area contributed by atoms with E-state index >= 15 is 0 Å². The standard InChI is InChI=1S/C16H16BrFO/c1-2-5-11-6-3-7-12(10-11)16(19)13-8-4-9-14(17)15(13)18/h3-4,6-10,16,19H,2,5H2,1H3. The van der Waals surface area contributed by atoms with Crippen LogP contribution in [0, 0.1) is 5.82 Å². The number of aliphatic hydroxyl groups is 1. The van der Waals surface area contributed by atoms with Crippen molar-refractivity contribution in [3.8, 4) is 0 Å². The Labute approximate surface area is 121 Å². The Morgan fingerprint density at radius 1 is 1.21 bits per heavy atom. The molecule has 0 saturated carbocycles. The molecule has 0 spiro atoms. The molecule has 2 rings (SSSR count). The van der Waals surface area contributed by atoms with Gasteiger partial charge in [0.2, 0.25) is 0 Å². The van der Waals surface area contributed by atoms with Crippen LogP contribution in [0.5, 0.6) is 0 Å². The van der Waals surface area contributed by atoms with Gasteiger partial charge in [-0.1, -0.05) is 49.7 Å². The van der Waals surface area contributed by atoms with Crippen molar-refractivity contribution in [1.82, 2.24) is 0 Å². The first-order chi connectivity index (χ1) is 9.13. The van der Waals surface area contributed by atoms with Crippen LogP contribution in [-0.2, 0) is 6.42 Å². The average Bonchev–Trinajstić information content (AvgIpc) is 2.42. The molecule has 19 heavy (non-hydrogen) atoms. The van der Waals surface area contributed by atoms with Gasteiger partial charge in [0.05, 0.1) is 4.47 Å². The molecule has 0 fully saturated rings. The van der Waals surface area contributed by atoms with Gasteiger partial charge in [0.15, 0.2) is 0 Å². The fourth-order valence-corrected chi connectivity index (χ4v) is 2.50. The quantitative estimate of drug-likeness (QED) is 0.870. The van der Waals surface area contributed by atoms with Crippen LogP contribution < -0.4 is 0 Å². The molecule has 3 heteroatoms. The Morgan fingerprint density at radius 3 is 2.68 bits per heavy atom. The number of halogens is 2. The van der Waals surface area contributed by atoms with Crippen molar-refractivity contribution in [2.75, 3.05) is 0 Å². The Bertz CT molecular complexity index is 568. The molecule has 1 N–H and O–H groups in total. The summed E-state index contributed by atoms with van der Waals surface area (Å²) in [5.41, 5.74) is 2.18. The molecule has 0 radical (unpaired) electrons. The number of aryl methyl sites for hydroxylation is 1. The maximum atomic E-state index is 14.0. The molecule has 2 aromatic carbocycles. The third-order valence-corrected chi connectivity index (χ3v) is 3.69. The molecule has 1 nitrogen and oxygen atoms in total. The van der Waals surface area contributed by atoms with Crippen LogP contribution in [0.15, 0.2) is 46.9 Å². The highest BCUT2D eigenvalue weighted by molar-refractivity contribution is 9.10. The summed E-state index contributed by atoms with van der Waals surface area (Å²) in [5.74, 6) is -0.407. The van der Waals surface area contributed by atoms with Gasteiger partial charge in [-0.2, -0.15) is 0 Å². The molecule has 0 saturated heterocycles. The highest BCUT2D eigenvalue weighted by Crippen LogP contribution is 2.28. The highest BCUT2D eigenvalue weighted by Gasteiger charge is 2.16. The molecule has 0 amide bonds. The zero-order valence-corrected chi connectivity index (χ0v) is 12.3. The maximum Gasteiger partial charge on any atom is 0.143 e. The Balaban J connectivity index is 2.35. The van der Waals surface area contributed by atoms with Crippen molar-refractivity contribution < 1.29 is 9.50 Å². The summed E-state index contributed by atoms with van der Waals surface area (Å²) in [6, 6.07) is 12.6. The fraction of sp³-hybridized carbons (Fsp3) is 0.250. The monoisotopic (exact) mass is 322 g/mol. The molecular formula is C16H16BrFO. The third-order valence-electron chi connectivity index (χ3n) is 3.08. The van der Waals surface area contributed by atoms with E-state index in [-0.39, 0.29) is 0 Å². The number of benzene rings is 2. The zero-order chi connectivity index (χ0) is 13.8. The van der Waals surface area contributed by atoms with Gasteiger partial charge < -0.3 is 5.11 Å². The summed E-state index contributed by atoms with van der Waals surface area (Å²) in [5, 5.41) is 10.3. The molecule has 0 bridgehead atoms. The van der Waals surface area contributed by atoms with E-state index in [2.05, 4.69) is 22.9 Å². The second-order valence-corrected chi connectivity index (χ2v) is 5.39. The molecule has 2 aromatic rings. The SMILES string of the molecule is CCCc1cccc(C(O)c2cccc(Br)c2F)c1. The molecule has 1 unspecified atom stereocenters. The summed E-state index contributed by atoms with van der Waals surface area (Å²) in [4.78, 5) is 0. The van der Waals surface area contributed by atoms with Crippen LogP contribution in [0.3, 0.4) is 0 Å². The number of aliphatic hydroxyl groups excluding tert-OH is 1. The lowest BCUT2D eigenvalue weighted by Crippen LogP contribution is -2.03. The van der Waals surface area contributed by atoms with Gasteiger partial charge in [-0.15, -0.1) is 0 Å². The summed E-state index contributed by atoms with van der Waals surface area (Å²) in [6.07, 6.45) is 1.07. The smallest absolute Gasteiger partial charge is 0.143 e. The minimum Gasteiger partial charge on any atom is -0.384 e. The van der Waals surface area contributed by atoms with Crippen LogP contribution >= 0.6 is 15.9 Å². The fourth-order valence-electron chi connectivity index (χ4n) is 2.12. The predicted molar refractivity (Wildman–Crippen MR) is 78.6 cm³/mol. The van der Waals surface area contributed by atoms with E-state index < -0.39 is 11.9 Å². The van der Waals surface area contributed by atoms with Crippen LogP contribution in [0.2, 0.25) is 0 Å². The molecule has 100 valence electrons. The van der Waals surface area contributed by atoms with E-state index in [0.29, 0.717) is 10.0 Å². The van der Waals surface area contributed by atoms with Crippen molar-refractivity contribution in [1.29, 1.82) is 0 Å². The van der Waals surface area contributed by atoms with Gasteiger partial charge in [-0.3, -0.25) is 0 Å². The molecule has 0 aliphatic carbocycles. The second-order valence-electron chi connectivity index (χ2n) is 4.54. The van der Waals surface area contributed by atoms with E-state index in [1.807, 2.05) is 24.3 Å². The number of hydrogen-bond donors (Lipinski definition) is 1. The number of rotatable bonds is 4. The Hall–Kier alpha value is -1.19. The topological polar surface area (TPSA) is 20.2 Å². The van der Waals surface area contributed by atoms with E-state index in [4.69, 9.17) is 0 Å². The van der Waals surface area contributed by atoms with Gasteiger partial charge in [-0.25, -0.2) is 4.39 Å². The summed E-state index contributed by atoms with van der Waals surface area (Å²) in [6.45, 7) is 2.11. The van der Waals surface area contributed by atoms with E-state index in [9.17, 15) is 9.50 Å². The maximum absolute atomic E-state index is 14.0. The minimum atomic E-state index is -0.936. The first kappa shape index (κ1) is 14.2. The predicted octanol–water partition coefficient (Wildman–Crippen LogP) is 4.62. The van der Waals surface area contributed by atoms with Crippen LogP contribution in [-0.4, -0.2) is 5.11 Å². The van der Waals surface area contributed by atoms with Gasteiger partial charge in [-0.05, 0) is 39.5 Å². The molecule has 1 atom stereocenters. The van der Waals surface area contributed by atoms with Crippen LogP contribution in [0.25, 0.3) is 0 Å². The molecule has 0 aromatic heterocycles. The van der Waals surface area contributed by atoms with E-state index in [0.717, 1.165) is 24.0 Å². The molecule has 0 heterocycles. The zero-order valence-electron chi connectivity index (χ0n) is 10.7. The van der Waals surface area contributed by atoms with Crippen molar-refractivity contribution in [3.05, 3.63) is 69.4 Å². The largest absolute Gasteiger partial charge is 0.384 e. The van der Waals surface area contributed by atoms with Gasteiger partial charge in [0.1, 0.15) is 11.9 Å². The second kappa shape index (κ2) is 6.31. The summed E-state index contributed by atoms with van der Waals surface area (Å²) in [7, 11) is 0. The first-order valence-electron chi connectivity index (χ1n) is 6.34. The van der Waals surface area contributed by atoms with Crippen molar-refractivity contribution in [3.63, 3.8) is 0 Å². The van der Waals surface area contributed by atoms with Gasteiger partial charge in [0, 0.05) is 5.56 Å². The van der Waals surface area contributed by atoms with Crippen molar-refractivity contribution >= 4 is 15.9 Å². The van der Waals surface area contributed by atoms with Crippen LogP contribution in [0.1, 0.15) is 36.1 Å². The normalized spacial score (nSPS) is 12.4. The van der Waals surface area contributed by atoms with Gasteiger partial charge >= 0.3 is 0 Å². The molecular weight excluding hydrogens is 307 g/mol. The lowest BCUT2D eigenvalue weighted by atomic mass is 9.98. The van der Waals surface area contributed by atoms with Crippen LogP contribution in [0.4, 0.5) is 4.39 Å².